The van der Waals surface area contributed by atoms with E-state index in [2.05, 4.69) is 33.5 Å². The second-order valence-electron chi connectivity index (χ2n) is 5.08. The third-order valence-electron chi connectivity index (χ3n) is 3.45. The molecule has 2 heterocycles. The summed E-state index contributed by atoms with van der Waals surface area (Å²) in [5.41, 5.74) is 1.09. The zero-order valence-electron chi connectivity index (χ0n) is 13.0. The van der Waals surface area contributed by atoms with Crippen LogP contribution in [-0.4, -0.2) is 15.3 Å². The predicted octanol–water partition coefficient (Wildman–Crippen LogP) is 3.35. The number of para-hydroxylation sites is 1. The number of nitrogens with one attached hydrogen (secondary N) is 2. The normalized spacial score (nSPS) is 13.5. The molecule has 0 amide bonds. The Morgan fingerprint density at radius 2 is 1.92 bits per heavy atom. The molecule has 0 spiro atoms. The fraction of sp³-hybridized carbons (Fsp3) is 0.250. The molecule has 4 rings (SSSR count). The quantitative estimate of drug-likeness (QED) is 0.318. The van der Waals surface area contributed by atoms with E-state index in [9.17, 15) is 0 Å². The number of aromatic nitrogens is 4. The monoisotopic (exact) mass is 473 g/mol. The molecule has 0 fully saturated rings. The third-order valence-corrected chi connectivity index (χ3v) is 3.66. The number of nitrogens with zero attached hydrogens (tertiary/aromatic N) is 2. The van der Waals surface area contributed by atoms with Crippen LogP contribution < -0.4 is 15.2 Å². The van der Waals surface area contributed by atoms with Crippen molar-refractivity contribution in [3.05, 3.63) is 47.2 Å². The molecule has 2 aromatic heterocycles. The standard InChI is InChI=1S/C9H9ClN2.C7H8N2.2ClH.Ru/c1-7(10)12-6-8-4-2-3-5-9(8)11-12;1-2-4-7-6(3-1)5-8-9-7;;;/h2-7H,1H3;3-5,9H,1-2H2;2*1H;/q;;;;+2/p-1/t7-;;;;/m1..../s1. The van der Waals surface area contributed by atoms with Gasteiger partial charge in [0.25, 0.3) is 5.50 Å². The third kappa shape index (κ3) is 5.59. The second-order valence-corrected chi connectivity index (χ2v) is 8.35. The minimum atomic E-state index is -0.346. The van der Waals surface area contributed by atoms with Crippen molar-refractivity contribution in [1.82, 2.24) is 15.3 Å². The Morgan fingerprint density at radius 1 is 1.21 bits per heavy atom. The van der Waals surface area contributed by atoms with Gasteiger partial charge in [-0.2, -0.15) is 10.2 Å². The molecule has 0 radical (unpaired) electrons. The summed E-state index contributed by atoms with van der Waals surface area (Å²) in [4.78, 5) is 0. The van der Waals surface area contributed by atoms with Crippen molar-refractivity contribution >= 4 is 54.0 Å². The summed E-state index contributed by atoms with van der Waals surface area (Å²) in [7, 11) is 9.71. The minimum absolute atomic E-state index is 0.0302. The van der Waals surface area contributed by atoms with Gasteiger partial charge < -0.3 is 0 Å². The Hall–Kier alpha value is -0.867. The van der Waals surface area contributed by atoms with Crippen LogP contribution >= 0.6 is 31.0 Å². The molecule has 3 aromatic rings. The Kier molecular flexibility index (Phi) is 8.27. The van der Waals surface area contributed by atoms with Crippen LogP contribution in [-0.2, 0) is 15.1 Å². The van der Waals surface area contributed by atoms with Crippen LogP contribution in [0.5, 0.6) is 0 Å². The van der Waals surface area contributed by atoms with E-state index in [4.69, 9.17) is 31.0 Å². The number of fused-ring (bicyclic) bond motifs is 2. The Balaban J connectivity index is 0.000000154. The molecule has 0 aliphatic heterocycles. The van der Waals surface area contributed by atoms with Gasteiger partial charge in [-0.3, -0.25) is 5.10 Å². The van der Waals surface area contributed by atoms with Gasteiger partial charge in [-0.15, -0.1) is 0 Å². The van der Waals surface area contributed by atoms with E-state index >= 15 is 0 Å². The molecule has 1 atom stereocenters. The van der Waals surface area contributed by atoms with Crippen LogP contribution in [0.2, 0.25) is 0 Å². The van der Waals surface area contributed by atoms with Crippen LogP contribution in [0.1, 0.15) is 25.3 Å². The van der Waals surface area contributed by atoms with E-state index < -0.39 is 0 Å². The molecule has 0 unspecified atom stereocenters. The number of benzene rings is 1. The molecular weight excluding hydrogens is 456 g/mol. The van der Waals surface area contributed by atoms with Crippen LogP contribution in [0.4, 0.5) is 0 Å². The average molecular weight is 474 g/mol. The van der Waals surface area contributed by atoms with Gasteiger partial charge in [-0.1, -0.05) is 29.0 Å². The van der Waals surface area contributed by atoms with E-state index in [1.54, 1.807) is 0 Å². The zero-order chi connectivity index (χ0) is 17.4. The van der Waals surface area contributed by atoms with Crippen molar-refractivity contribution in [2.45, 2.75) is 25.3 Å². The van der Waals surface area contributed by atoms with E-state index in [-0.39, 0.29) is 20.6 Å². The molecule has 8 heteroatoms. The first-order valence-corrected chi connectivity index (χ1v) is 12.2. The Labute approximate surface area is 161 Å². The molecule has 2 N–H and O–H groups in total. The number of rotatable bonds is 1. The van der Waals surface area contributed by atoms with Crippen LogP contribution in [0, 0.1) is 0 Å². The first-order valence-electron chi connectivity index (χ1n) is 7.33. The number of halogens is 3. The summed E-state index contributed by atoms with van der Waals surface area (Å²) in [5.74, 6) is 0. The summed E-state index contributed by atoms with van der Waals surface area (Å²) in [6.45, 7) is 1.93. The molecule has 130 valence electrons. The summed E-state index contributed by atoms with van der Waals surface area (Å²) < 4.78 is 1.88. The second kappa shape index (κ2) is 10.2. The summed E-state index contributed by atoms with van der Waals surface area (Å²) in [6, 6.07) is 8.11. The number of hydrogen-bond acceptors (Lipinski definition) is 1. The van der Waals surface area contributed by atoms with Gasteiger partial charge in [-0.05, 0) is 36.6 Å². The Bertz CT molecular complexity index is 809. The topological polar surface area (TPSA) is 48.4 Å². The summed E-state index contributed by atoms with van der Waals surface area (Å²) >= 11 is 5.56. The maximum atomic E-state index is 5.91. The summed E-state index contributed by atoms with van der Waals surface area (Å²) in [6.07, 6.45) is 10.6. The number of H-pyrrole nitrogens is 2. The van der Waals surface area contributed by atoms with Gasteiger partial charge >= 0.3 is 34.5 Å². The van der Waals surface area contributed by atoms with Crippen molar-refractivity contribution in [1.29, 1.82) is 0 Å². The van der Waals surface area contributed by atoms with Gasteiger partial charge in [-0.25, -0.2) is 0 Å². The maximum absolute atomic E-state index is 5.91. The van der Waals surface area contributed by atoms with Crippen LogP contribution in [0.3, 0.4) is 0 Å². The first-order chi connectivity index (χ1) is 11.7. The van der Waals surface area contributed by atoms with Crippen LogP contribution in [0.15, 0.2) is 36.7 Å². The molecule has 0 saturated heterocycles. The predicted molar refractivity (Wildman–Crippen MR) is 96.8 cm³/mol. The fourth-order valence-corrected chi connectivity index (χ4v) is 2.43. The molecule has 0 saturated carbocycles. The van der Waals surface area contributed by atoms with E-state index in [0.29, 0.717) is 0 Å². The average Bonchev–Trinajstić information content (AvgIpc) is 3.23. The molecule has 1 aromatic carbocycles. The van der Waals surface area contributed by atoms with Gasteiger partial charge in [0, 0.05) is 12.1 Å². The zero-order valence-corrected chi connectivity index (χ0v) is 17.0. The van der Waals surface area contributed by atoms with E-state index in [0.717, 1.165) is 18.4 Å². The molecule has 0 bridgehead atoms. The fourth-order valence-electron chi connectivity index (χ4n) is 2.32. The van der Waals surface area contributed by atoms with Crippen molar-refractivity contribution < 1.29 is 19.8 Å². The van der Waals surface area contributed by atoms with Crippen molar-refractivity contribution in [3.63, 3.8) is 0 Å². The van der Waals surface area contributed by atoms with Crippen molar-refractivity contribution in [2.24, 2.45) is 0 Å². The van der Waals surface area contributed by atoms with Crippen molar-refractivity contribution in [3.8, 4) is 0 Å². The Morgan fingerprint density at radius 3 is 2.58 bits per heavy atom. The SMILES string of the molecule is C1=c2cn[nH]c2=CCC1.C[C@H](Cl)[n+]1cc2ccccc2[nH]1.[Cl][Ru][Cl]. The number of alkyl halides is 1. The molecule has 1 aliphatic rings. The van der Waals surface area contributed by atoms with Gasteiger partial charge in [0.15, 0.2) is 0 Å². The van der Waals surface area contributed by atoms with Crippen molar-refractivity contribution in [2.75, 3.05) is 0 Å². The van der Waals surface area contributed by atoms with Gasteiger partial charge in [0.2, 0.25) is 6.20 Å². The number of aromatic amines is 2. The number of hydrogen-bond donors (Lipinski definition) is 2. The molecule has 4 nitrogen and oxygen atoms in total. The van der Waals surface area contributed by atoms with E-state index in [1.807, 2.05) is 42.2 Å². The molecule has 1 aliphatic carbocycles. The van der Waals surface area contributed by atoms with Gasteiger partial charge in [0.1, 0.15) is 5.52 Å². The molecule has 24 heavy (non-hydrogen) atoms. The molecular formula is C16H18Cl3N4Ru+. The summed E-state index contributed by atoms with van der Waals surface area (Å²) in [5, 5.41) is 13.6. The first kappa shape index (κ1) is 19.5. The van der Waals surface area contributed by atoms with Gasteiger partial charge in [0.05, 0.1) is 16.9 Å². The van der Waals surface area contributed by atoms with E-state index in [1.165, 1.54) is 16.0 Å². The van der Waals surface area contributed by atoms with Crippen LogP contribution in [0.25, 0.3) is 23.1 Å².